The number of hydrogen-bond donors (Lipinski definition) is 0. The zero-order valence-electron chi connectivity index (χ0n) is 18.2. The number of anilines is 1. The standard InChI is InChI=1S/C24H18Cl2N4O4S/c25-17-7-5-15(13-18(17)26)21-8-6-16(34-21)14-22-23(31)27-24(35-22)29-11-9-28(10-12-29)19-3-1-2-4-20(19)30(32)33/h1-8,13-14H,9-12H2/b22-14-. The van der Waals surface area contributed by atoms with Gasteiger partial charge in [-0.3, -0.25) is 14.9 Å². The van der Waals surface area contributed by atoms with Crippen LogP contribution in [0.1, 0.15) is 5.76 Å². The van der Waals surface area contributed by atoms with Gasteiger partial charge in [0, 0.05) is 43.9 Å². The zero-order chi connectivity index (χ0) is 24.5. The summed E-state index contributed by atoms with van der Waals surface area (Å²) in [5, 5.41) is 12.9. The average molecular weight is 529 g/mol. The molecule has 2 aliphatic rings. The van der Waals surface area contributed by atoms with Gasteiger partial charge in [0.15, 0.2) is 5.17 Å². The number of halogens is 2. The first-order valence-electron chi connectivity index (χ1n) is 10.7. The van der Waals surface area contributed by atoms with E-state index in [9.17, 15) is 14.9 Å². The number of rotatable bonds is 4. The van der Waals surface area contributed by atoms with Gasteiger partial charge in [-0.2, -0.15) is 4.99 Å². The highest BCUT2D eigenvalue weighted by Crippen LogP contribution is 2.34. The Morgan fingerprint density at radius 2 is 1.74 bits per heavy atom. The van der Waals surface area contributed by atoms with Crippen LogP contribution in [0.5, 0.6) is 0 Å². The van der Waals surface area contributed by atoms with Gasteiger partial charge in [-0.05, 0) is 48.2 Å². The van der Waals surface area contributed by atoms with E-state index in [0.717, 1.165) is 5.56 Å². The van der Waals surface area contributed by atoms with Crippen LogP contribution >= 0.6 is 35.0 Å². The molecule has 2 aromatic carbocycles. The van der Waals surface area contributed by atoms with E-state index in [1.807, 2.05) is 15.9 Å². The van der Waals surface area contributed by atoms with Gasteiger partial charge in [-0.1, -0.05) is 35.3 Å². The average Bonchev–Trinajstić information content (AvgIpc) is 3.48. The quantitative estimate of drug-likeness (QED) is 0.234. The number of benzene rings is 2. The molecule has 1 amide bonds. The molecule has 0 saturated carbocycles. The monoisotopic (exact) mass is 528 g/mol. The van der Waals surface area contributed by atoms with E-state index in [-0.39, 0.29) is 16.5 Å². The molecule has 5 rings (SSSR count). The lowest BCUT2D eigenvalue weighted by atomic mass is 10.2. The molecule has 2 aliphatic heterocycles. The number of thioether (sulfide) groups is 1. The molecular formula is C24H18Cl2N4O4S. The first kappa shape index (κ1) is 23.5. The third kappa shape index (κ3) is 4.93. The third-order valence-corrected chi connectivity index (χ3v) is 7.47. The predicted octanol–water partition coefficient (Wildman–Crippen LogP) is 5.95. The normalized spacial score (nSPS) is 17.3. The number of furan rings is 1. The maximum absolute atomic E-state index is 12.5. The number of nitro benzene ring substituents is 1. The molecule has 1 fully saturated rings. The minimum absolute atomic E-state index is 0.0904. The Balaban J connectivity index is 1.24. The smallest absolute Gasteiger partial charge is 0.292 e. The molecule has 0 aliphatic carbocycles. The molecule has 35 heavy (non-hydrogen) atoms. The van der Waals surface area contributed by atoms with Gasteiger partial charge in [0.05, 0.1) is 19.9 Å². The Hall–Kier alpha value is -3.27. The molecule has 8 nitrogen and oxygen atoms in total. The Labute approximate surface area is 215 Å². The van der Waals surface area contributed by atoms with Crippen molar-refractivity contribution < 1.29 is 14.1 Å². The van der Waals surface area contributed by atoms with Crippen LogP contribution < -0.4 is 4.90 Å². The molecule has 3 aromatic rings. The second-order valence-electron chi connectivity index (χ2n) is 7.86. The Kier molecular flexibility index (Phi) is 6.55. The summed E-state index contributed by atoms with van der Waals surface area (Å²) in [6.45, 7) is 2.37. The van der Waals surface area contributed by atoms with Crippen LogP contribution in [0, 0.1) is 10.1 Å². The molecular weight excluding hydrogens is 511 g/mol. The van der Waals surface area contributed by atoms with Crippen LogP contribution in [-0.2, 0) is 4.79 Å². The van der Waals surface area contributed by atoms with Crippen molar-refractivity contribution >= 4 is 63.5 Å². The number of aliphatic imine (C=N–C) groups is 1. The first-order valence-corrected chi connectivity index (χ1v) is 12.3. The second-order valence-corrected chi connectivity index (χ2v) is 9.68. The lowest BCUT2D eigenvalue weighted by Gasteiger charge is -2.36. The highest BCUT2D eigenvalue weighted by Gasteiger charge is 2.30. The molecule has 0 radical (unpaired) electrons. The Bertz CT molecular complexity index is 1380. The van der Waals surface area contributed by atoms with E-state index in [1.165, 1.54) is 17.8 Å². The molecule has 0 spiro atoms. The minimum Gasteiger partial charge on any atom is -0.457 e. The van der Waals surface area contributed by atoms with Gasteiger partial charge >= 0.3 is 0 Å². The lowest BCUT2D eigenvalue weighted by Crippen LogP contribution is -2.48. The van der Waals surface area contributed by atoms with Gasteiger partial charge in [0.2, 0.25) is 0 Å². The van der Waals surface area contributed by atoms with Crippen molar-refractivity contribution in [2.75, 3.05) is 31.1 Å². The summed E-state index contributed by atoms with van der Waals surface area (Å²) in [6.07, 6.45) is 1.67. The molecule has 0 unspecified atom stereocenters. The second kappa shape index (κ2) is 9.77. The summed E-state index contributed by atoms with van der Waals surface area (Å²) in [5.74, 6) is 0.816. The fourth-order valence-corrected chi connectivity index (χ4v) is 5.17. The molecule has 1 aromatic heterocycles. The topological polar surface area (TPSA) is 92.2 Å². The van der Waals surface area contributed by atoms with Gasteiger partial charge in [0.25, 0.3) is 11.6 Å². The maximum atomic E-state index is 12.5. The third-order valence-electron chi connectivity index (χ3n) is 5.68. The van der Waals surface area contributed by atoms with Crippen LogP contribution in [0.3, 0.4) is 0 Å². The Morgan fingerprint density at radius 1 is 1.00 bits per heavy atom. The maximum Gasteiger partial charge on any atom is 0.292 e. The number of amides is 1. The summed E-state index contributed by atoms with van der Waals surface area (Å²) in [5.41, 5.74) is 1.47. The van der Waals surface area contributed by atoms with E-state index in [0.29, 0.717) is 63.5 Å². The Morgan fingerprint density at radius 3 is 2.49 bits per heavy atom. The number of nitro groups is 1. The molecule has 1 saturated heterocycles. The highest BCUT2D eigenvalue weighted by atomic mass is 35.5. The van der Waals surface area contributed by atoms with Crippen molar-refractivity contribution in [2.24, 2.45) is 4.99 Å². The van der Waals surface area contributed by atoms with Crippen LogP contribution in [0.2, 0.25) is 10.0 Å². The molecule has 11 heteroatoms. The van der Waals surface area contributed by atoms with Crippen LogP contribution in [0.4, 0.5) is 11.4 Å². The summed E-state index contributed by atoms with van der Waals surface area (Å²) in [7, 11) is 0. The molecule has 0 bridgehead atoms. The molecule has 0 atom stereocenters. The zero-order valence-corrected chi connectivity index (χ0v) is 20.5. The van der Waals surface area contributed by atoms with Crippen LogP contribution in [-0.4, -0.2) is 47.1 Å². The van der Waals surface area contributed by atoms with Crippen molar-refractivity contribution in [3.8, 4) is 11.3 Å². The van der Waals surface area contributed by atoms with Gasteiger partial charge < -0.3 is 14.2 Å². The van der Waals surface area contributed by atoms with Crippen molar-refractivity contribution in [2.45, 2.75) is 0 Å². The number of carbonyl (C=O) groups is 1. The number of piperazine rings is 1. The van der Waals surface area contributed by atoms with E-state index >= 15 is 0 Å². The predicted molar refractivity (Wildman–Crippen MR) is 139 cm³/mol. The minimum atomic E-state index is -0.365. The summed E-state index contributed by atoms with van der Waals surface area (Å²) >= 11 is 13.4. The van der Waals surface area contributed by atoms with E-state index in [1.54, 1.807) is 48.5 Å². The van der Waals surface area contributed by atoms with Crippen molar-refractivity contribution in [1.29, 1.82) is 0 Å². The first-order chi connectivity index (χ1) is 16.9. The van der Waals surface area contributed by atoms with Gasteiger partial charge in [-0.15, -0.1) is 0 Å². The van der Waals surface area contributed by atoms with E-state index in [2.05, 4.69) is 4.99 Å². The number of nitrogens with zero attached hydrogens (tertiary/aromatic N) is 4. The molecule has 3 heterocycles. The summed E-state index contributed by atoms with van der Waals surface area (Å²) in [6, 6.07) is 15.5. The van der Waals surface area contributed by atoms with E-state index < -0.39 is 0 Å². The van der Waals surface area contributed by atoms with Crippen LogP contribution in [0.15, 0.2) is 68.9 Å². The lowest BCUT2D eigenvalue weighted by molar-refractivity contribution is -0.384. The molecule has 0 N–H and O–H groups in total. The van der Waals surface area contributed by atoms with Gasteiger partial charge in [-0.25, -0.2) is 0 Å². The number of amidine groups is 1. The molecule has 178 valence electrons. The van der Waals surface area contributed by atoms with E-state index in [4.69, 9.17) is 27.6 Å². The van der Waals surface area contributed by atoms with Crippen molar-refractivity contribution in [3.63, 3.8) is 0 Å². The summed E-state index contributed by atoms with van der Waals surface area (Å²) in [4.78, 5) is 32.2. The van der Waals surface area contributed by atoms with Crippen molar-refractivity contribution in [1.82, 2.24) is 4.90 Å². The highest BCUT2D eigenvalue weighted by molar-refractivity contribution is 8.18. The van der Waals surface area contributed by atoms with Crippen LogP contribution in [0.25, 0.3) is 17.4 Å². The number of para-hydroxylation sites is 2. The number of carbonyl (C=O) groups excluding carboxylic acids is 1. The fourth-order valence-electron chi connectivity index (χ4n) is 3.92. The largest absolute Gasteiger partial charge is 0.457 e. The fraction of sp³-hybridized carbons (Fsp3) is 0.167. The summed E-state index contributed by atoms with van der Waals surface area (Å²) < 4.78 is 5.88. The van der Waals surface area contributed by atoms with Crippen molar-refractivity contribution in [3.05, 3.63) is 85.4 Å². The SMILES string of the molecule is O=C1N=C(N2CCN(c3ccccc3[N+](=O)[O-])CC2)S/C1=C\c1ccc(-c2ccc(Cl)c(Cl)c2)o1. The number of hydrogen-bond acceptors (Lipinski definition) is 7. The van der Waals surface area contributed by atoms with Gasteiger partial charge in [0.1, 0.15) is 17.2 Å².